The maximum Gasteiger partial charge on any atom is 0.255 e. The van der Waals surface area contributed by atoms with Crippen LogP contribution in [0.5, 0.6) is 11.5 Å². The van der Waals surface area contributed by atoms with Crippen LogP contribution in [0.2, 0.25) is 0 Å². The second-order valence-corrected chi connectivity index (χ2v) is 4.13. The molecule has 0 aliphatic heterocycles. The van der Waals surface area contributed by atoms with E-state index in [4.69, 9.17) is 4.42 Å². The lowest BCUT2D eigenvalue weighted by molar-refractivity contribution is 0.0944. The van der Waals surface area contributed by atoms with E-state index in [1.165, 1.54) is 18.2 Å². The van der Waals surface area contributed by atoms with Crippen LogP contribution in [0.3, 0.4) is 0 Å². The summed E-state index contributed by atoms with van der Waals surface area (Å²) in [5.74, 6) is 0.287. The summed E-state index contributed by atoms with van der Waals surface area (Å²) in [4.78, 5) is 16.0. The Bertz CT molecular complexity index is 600. The molecule has 0 spiro atoms. The summed E-state index contributed by atoms with van der Waals surface area (Å²) in [6.45, 7) is 3.71. The SMILES string of the molecule is Cc1nc(CNC(=O)c2cc(O)ccc2O)oc1C. The molecule has 1 amide bonds. The molecule has 0 atom stereocenters. The van der Waals surface area contributed by atoms with Crippen LogP contribution in [0.1, 0.15) is 27.7 Å². The quantitative estimate of drug-likeness (QED) is 0.731. The number of carbonyl (C=O) groups excluding carboxylic acids is 1. The standard InChI is InChI=1S/C13H14N2O4/c1-7-8(2)19-12(15-7)6-14-13(18)10-5-9(16)3-4-11(10)17/h3-5,16-17H,6H2,1-2H3,(H,14,18). The van der Waals surface area contributed by atoms with Crippen molar-refractivity contribution in [2.45, 2.75) is 20.4 Å². The number of hydrogen-bond acceptors (Lipinski definition) is 5. The first-order valence-corrected chi connectivity index (χ1v) is 5.70. The highest BCUT2D eigenvalue weighted by atomic mass is 16.4. The fourth-order valence-electron chi connectivity index (χ4n) is 1.57. The number of aromatic hydroxyl groups is 2. The Hall–Kier alpha value is -2.50. The molecule has 19 heavy (non-hydrogen) atoms. The number of nitrogens with zero attached hydrogens (tertiary/aromatic N) is 1. The molecule has 0 aliphatic carbocycles. The van der Waals surface area contributed by atoms with Gasteiger partial charge in [0.1, 0.15) is 17.3 Å². The molecule has 0 aliphatic rings. The van der Waals surface area contributed by atoms with Crippen LogP contribution in [0.15, 0.2) is 22.6 Å². The van der Waals surface area contributed by atoms with Crippen LogP contribution in [-0.4, -0.2) is 21.1 Å². The van der Waals surface area contributed by atoms with Gasteiger partial charge < -0.3 is 19.9 Å². The van der Waals surface area contributed by atoms with E-state index < -0.39 is 5.91 Å². The van der Waals surface area contributed by atoms with Crippen molar-refractivity contribution in [1.29, 1.82) is 0 Å². The predicted octanol–water partition coefficient (Wildman–Crippen LogP) is 1.63. The van der Waals surface area contributed by atoms with Crippen molar-refractivity contribution >= 4 is 5.91 Å². The number of hydrogen-bond donors (Lipinski definition) is 3. The third-order valence-corrected chi connectivity index (χ3v) is 2.70. The third kappa shape index (κ3) is 2.85. The molecule has 0 saturated carbocycles. The Morgan fingerprint density at radius 3 is 2.74 bits per heavy atom. The molecule has 0 fully saturated rings. The molecule has 0 radical (unpaired) electrons. The van der Waals surface area contributed by atoms with Gasteiger partial charge in [-0.1, -0.05) is 0 Å². The Labute approximate surface area is 109 Å². The summed E-state index contributed by atoms with van der Waals surface area (Å²) in [5.41, 5.74) is 0.768. The van der Waals surface area contributed by atoms with Gasteiger partial charge in [0.2, 0.25) is 5.89 Å². The maximum atomic E-state index is 11.8. The molecule has 3 N–H and O–H groups in total. The largest absolute Gasteiger partial charge is 0.508 e. The molecule has 6 nitrogen and oxygen atoms in total. The molecular weight excluding hydrogens is 248 g/mol. The van der Waals surface area contributed by atoms with Crippen molar-refractivity contribution in [2.75, 3.05) is 0 Å². The molecule has 2 rings (SSSR count). The highest BCUT2D eigenvalue weighted by Crippen LogP contribution is 2.21. The van der Waals surface area contributed by atoms with E-state index in [1.54, 1.807) is 6.92 Å². The number of aryl methyl sites for hydroxylation is 2. The smallest absolute Gasteiger partial charge is 0.255 e. The number of rotatable bonds is 3. The van der Waals surface area contributed by atoms with E-state index in [2.05, 4.69) is 10.3 Å². The van der Waals surface area contributed by atoms with E-state index in [9.17, 15) is 15.0 Å². The number of phenols is 2. The minimum Gasteiger partial charge on any atom is -0.508 e. The maximum absolute atomic E-state index is 11.8. The lowest BCUT2D eigenvalue weighted by Gasteiger charge is -2.05. The van der Waals surface area contributed by atoms with Gasteiger partial charge in [-0.3, -0.25) is 4.79 Å². The monoisotopic (exact) mass is 262 g/mol. The molecule has 2 aromatic rings. The lowest BCUT2D eigenvalue weighted by Crippen LogP contribution is -2.23. The van der Waals surface area contributed by atoms with E-state index >= 15 is 0 Å². The molecule has 100 valence electrons. The minimum atomic E-state index is -0.512. The first kappa shape index (κ1) is 12.9. The van der Waals surface area contributed by atoms with Crippen LogP contribution < -0.4 is 5.32 Å². The van der Waals surface area contributed by atoms with Crippen LogP contribution in [0.25, 0.3) is 0 Å². The van der Waals surface area contributed by atoms with Crippen LogP contribution >= 0.6 is 0 Å². The Balaban J connectivity index is 2.07. The minimum absolute atomic E-state index is 0.000000000000000666. The second-order valence-electron chi connectivity index (χ2n) is 4.13. The zero-order valence-corrected chi connectivity index (χ0v) is 10.6. The topological polar surface area (TPSA) is 95.6 Å². The molecule has 0 bridgehead atoms. The number of benzene rings is 1. The first-order valence-electron chi connectivity index (χ1n) is 5.70. The van der Waals surface area contributed by atoms with Gasteiger partial charge in [-0.2, -0.15) is 0 Å². The van der Waals surface area contributed by atoms with E-state index in [-0.39, 0.29) is 23.6 Å². The van der Waals surface area contributed by atoms with Crippen LogP contribution in [0.4, 0.5) is 0 Å². The summed E-state index contributed by atoms with van der Waals surface area (Å²) in [6, 6.07) is 3.74. The molecule has 1 heterocycles. The average molecular weight is 262 g/mol. The zero-order chi connectivity index (χ0) is 14.0. The summed E-state index contributed by atoms with van der Waals surface area (Å²) < 4.78 is 5.32. The van der Waals surface area contributed by atoms with Crippen LogP contribution in [0, 0.1) is 13.8 Å². The Morgan fingerprint density at radius 2 is 2.11 bits per heavy atom. The highest BCUT2D eigenvalue weighted by Gasteiger charge is 2.13. The van der Waals surface area contributed by atoms with Gasteiger partial charge >= 0.3 is 0 Å². The van der Waals surface area contributed by atoms with Gasteiger partial charge in [0.25, 0.3) is 5.91 Å². The summed E-state index contributed by atoms with van der Waals surface area (Å²) in [7, 11) is 0. The number of carbonyl (C=O) groups is 1. The van der Waals surface area contributed by atoms with Gasteiger partial charge in [-0.05, 0) is 32.0 Å². The van der Waals surface area contributed by atoms with Gasteiger partial charge in [0.15, 0.2) is 0 Å². The summed E-state index contributed by atoms with van der Waals surface area (Å²) in [5, 5.41) is 21.4. The highest BCUT2D eigenvalue weighted by molar-refractivity contribution is 5.97. The van der Waals surface area contributed by atoms with Crippen molar-refractivity contribution in [2.24, 2.45) is 0 Å². The lowest BCUT2D eigenvalue weighted by atomic mass is 10.2. The van der Waals surface area contributed by atoms with Crippen molar-refractivity contribution in [1.82, 2.24) is 10.3 Å². The predicted molar refractivity (Wildman–Crippen MR) is 66.9 cm³/mol. The Kier molecular flexibility index (Phi) is 3.41. The zero-order valence-electron chi connectivity index (χ0n) is 10.6. The van der Waals surface area contributed by atoms with Gasteiger partial charge in [0, 0.05) is 0 Å². The van der Waals surface area contributed by atoms with Crippen molar-refractivity contribution in [3.05, 3.63) is 41.1 Å². The van der Waals surface area contributed by atoms with Crippen molar-refractivity contribution in [3.63, 3.8) is 0 Å². The number of phenolic OH excluding ortho intramolecular Hbond substituents is 2. The normalized spacial score (nSPS) is 10.4. The fourth-order valence-corrected chi connectivity index (χ4v) is 1.57. The van der Waals surface area contributed by atoms with Gasteiger partial charge in [-0.25, -0.2) is 4.98 Å². The van der Waals surface area contributed by atoms with Gasteiger partial charge in [0.05, 0.1) is 17.8 Å². The molecule has 0 saturated heterocycles. The average Bonchev–Trinajstić information content (AvgIpc) is 2.69. The van der Waals surface area contributed by atoms with Crippen molar-refractivity contribution in [3.8, 4) is 11.5 Å². The number of amides is 1. The summed E-state index contributed by atoms with van der Waals surface area (Å²) in [6.07, 6.45) is 0. The first-order chi connectivity index (χ1) is 8.97. The van der Waals surface area contributed by atoms with Crippen LogP contribution in [-0.2, 0) is 6.54 Å². The second kappa shape index (κ2) is 5.01. The Morgan fingerprint density at radius 1 is 1.37 bits per heavy atom. The van der Waals surface area contributed by atoms with Gasteiger partial charge in [-0.15, -0.1) is 0 Å². The number of nitrogens with one attached hydrogen (secondary N) is 1. The molecule has 0 unspecified atom stereocenters. The third-order valence-electron chi connectivity index (χ3n) is 2.70. The molecular formula is C13H14N2O4. The number of oxazole rings is 1. The molecule has 6 heteroatoms. The fraction of sp³-hybridized carbons (Fsp3) is 0.231. The number of aromatic nitrogens is 1. The van der Waals surface area contributed by atoms with E-state index in [1.807, 2.05) is 6.92 Å². The summed E-state index contributed by atoms with van der Waals surface area (Å²) >= 11 is 0. The molecule has 1 aromatic carbocycles. The van der Waals surface area contributed by atoms with Crippen molar-refractivity contribution < 1.29 is 19.4 Å². The molecule has 1 aromatic heterocycles. The van der Waals surface area contributed by atoms with E-state index in [0.29, 0.717) is 11.7 Å². The van der Waals surface area contributed by atoms with E-state index in [0.717, 1.165) is 5.69 Å².